The van der Waals surface area contributed by atoms with Crippen LogP contribution in [-0.2, 0) is 9.59 Å². The van der Waals surface area contributed by atoms with Crippen LogP contribution in [0.3, 0.4) is 0 Å². The van der Waals surface area contributed by atoms with E-state index in [1.165, 1.54) is 33.4 Å². The third-order valence-corrected chi connectivity index (χ3v) is 17.8. The first kappa shape index (κ1) is 31.3. The van der Waals surface area contributed by atoms with Gasteiger partial charge in [-0.05, 0) is 0 Å². The van der Waals surface area contributed by atoms with Crippen molar-refractivity contribution >= 4 is 35.4 Å². The van der Waals surface area contributed by atoms with Crippen LogP contribution >= 0.6 is 0 Å². The summed E-state index contributed by atoms with van der Waals surface area (Å²) in [6.07, 6.45) is 9.76. The third kappa shape index (κ3) is 5.45. The molecule has 6 heterocycles. The molecule has 10 atom stereocenters. The van der Waals surface area contributed by atoms with Crippen LogP contribution in [0.4, 0.5) is 0 Å². The van der Waals surface area contributed by atoms with E-state index in [0.717, 1.165) is 25.7 Å². The van der Waals surface area contributed by atoms with Crippen LogP contribution in [0.2, 0.25) is 0 Å². The van der Waals surface area contributed by atoms with Gasteiger partial charge in [0.1, 0.15) is 0 Å². The minimum atomic E-state index is -1.56. The Morgan fingerprint density at radius 3 is 2.12 bits per heavy atom. The van der Waals surface area contributed by atoms with E-state index in [0.29, 0.717) is 42.9 Å². The molecule has 3 fully saturated rings. The number of nitrogens with zero attached hydrogens (tertiary/aromatic N) is 2. The number of carbonyl (C=O) groups is 2. The second-order valence-corrected chi connectivity index (χ2v) is 18.0. The molecule has 0 spiro atoms. The van der Waals surface area contributed by atoms with Gasteiger partial charge in [-0.25, -0.2) is 0 Å². The molecule has 3 saturated heterocycles. The molecule has 6 rings (SSSR count). The Kier molecular flexibility index (Phi) is 8.94. The van der Waals surface area contributed by atoms with E-state index in [4.69, 9.17) is 0 Å². The molecule has 43 heavy (non-hydrogen) atoms. The summed E-state index contributed by atoms with van der Waals surface area (Å²) in [6, 6.07) is 2.24. The quantitative estimate of drug-likeness (QED) is 0.281. The van der Waals surface area contributed by atoms with Gasteiger partial charge in [0.2, 0.25) is 0 Å². The van der Waals surface area contributed by atoms with Crippen LogP contribution in [-0.4, -0.2) is 99.7 Å². The Balaban J connectivity index is 1.49. The topological polar surface area (TPSA) is 105 Å². The van der Waals surface area contributed by atoms with Gasteiger partial charge >= 0.3 is 270 Å². The predicted octanol–water partition coefficient (Wildman–Crippen LogP) is 4.20. The number of rotatable bonds is 8. The SMILES string of the molecule is C=CC1=C(C)C2CC3C(C=C)=C(C)C4CC5NC(CC6C(CCC(=O)O)C(C)C(CC1N2)[N]6[In][N]43)C(CCC(=O)O)=C5C. The molecule has 0 aromatic carbocycles. The van der Waals surface area contributed by atoms with Gasteiger partial charge in [-0.3, -0.25) is 0 Å². The average molecular weight is 692 g/mol. The maximum atomic E-state index is 11.9. The second kappa shape index (κ2) is 12.3. The van der Waals surface area contributed by atoms with Gasteiger partial charge in [0.05, 0.1) is 0 Å². The van der Waals surface area contributed by atoms with Crippen molar-refractivity contribution in [3.63, 3.8) is 0 Å². The number of aliphatic carboxylic acids is 2. The van der Waals surface area contributed by atoms with E-state index in [1.54, 1.807) is 0 Å². The zero-order chi connectivity index (χ0) is 30.7. The number of nitrogens with one attached hydrogen (secondary N) is 2. The van der Waals surface area contributed by atoms with Gasteiger partial charge in [-0.2, -0.15) is 0 Å². The first-order valence-electron chi connectivity index (χ1n) is 16.2. The van der Waals surface area contributed by atoms with Crippen LogP contribution < -0.4 is 10.6 Å². The van der Waals surface area contributed by atoms with Gasteiger partial charge in [0.25, 0.3) is 0 Å². The fourth-order valence-electron chi connectivity index (χ4n) is 9.78. The number of hydrogen-bond acceptors (Lipinski definition) is 6. The monoisotopic (exact) mass is 691 g/mol. The van der Waals surface area contributed by atoms with Crippen molar-refractivity contribution in [2.75, 3.05) is 0 Å². The molecule has 0 aliphatic carbocycles. The molecule has 0 amide bonds. The summed E-state index contributed by atoms with van der Waals surface area (Å²) >= 11 is -1.56. The zero-order valence-corrected chi connectivity index (χ0v) is 29.5. The maximum absolute atomic E-state index is 11.9. The van der Waals surface area contributed by atoms with Gasteiger partial charge in [0.15, 0.2) is 0 Å². The number of fused-ring (bicyclic) bond motifs is 4. The van der Waals surface area contributed by atoms with Crippen LogP contribution in [0.1, 0.15) is 79.1 Å². The van der Waals surface area contributed by atoms with Gasteiger partial charge < -0.3 is 0 Å². The van der Waals surface area contributed by atoms with Crippen LogP contribution in [0, 0.1) is 11.8 Å². The molecule has 0 aromatic heterocycles. The third-order valence-electron chi connectivity index (χ3n) is 12.1. The van der Waals surface area contributed by atoms with Crippen molar-refractivity contribution in [3.05, 3.63) is 58.7 Å². The van der Waals surface area contributed by atoms with E-state index in [1.807, 2.05) is 0 Å². The molecule has 6 aliphatic rings. The Morgan fingerprint density at radius 1 is 0.814 bits per heavy atom. The van der Waals surface area contributed by atoms with Crippen LogP contribution in [0.5, 0.6) is 0 Å². The number of carboxylic acids is 2. The van der Waals surface area contributed by atoms with Crippen molar-refractivity contribution in [1.29, 1.82) is 0 Å². The standard InChI is InChI=1S/C34H48N4O4.In/c1-7-21-17(3)25-13-26-19(5)23(9-11-33(39)40)31(37-26)16-32-24(10-12-34(41)42)20(6)28(38-32)15-30-22(8-2)18(4)27(36-30)14-29(21)35-25;/h7-8,20,24-32,36-37H,1-2,9-16H2,3-6H3,(H,39,40)(H,41,42);/q-2;+2. The predicted molar refractivity (Wildman–Crippen MR) is 169 cm³/mol. The van der Waals surface area contributed by atoms with Crippen LogP contribution in [0.15, 0.2) is 58.7 Å². The van der Waals surface area contributed by atoms with Crippen molar-refractivity contribution in [2.45, 2.75) is 127 Å². The molecule has 9 heteroatoms. The summed E-state index contributed by atoms with van der Waals surface area (Å²) in [6.45, 7) is 17.8. The zero-order valence-electron chi connectivity index (χ0n) is 26.2. The van der Waals surface area contributed by atoms with Gasteiger partial charge in [-0.15, -0.1) is 0 Å². The van der Waals surface area contributed by atoms with Gasteiger partial charge in [-0.1, -0.05) is 0 Å². The van der Waals surface area contributed by atoms with Crippen molar-refractivity contribution < 1.29 is 19.8 Å². The summed E-state index contributed by atoms with van der Waals surface area (Å²) in [5.74, 6) is -0.808. The van der Waals surface area contributed by atoms with E-state index in [9.17, 15) is 19.8 Å². The fraction of sp³-hybridized carbons (Fsp3) is 0.647. The Labute approximate surface area is 268 Å². The Morgan fingerprint density at radius 2 is 1.44 bits per heavy atom. The van der Waals surface area contributed by atoms with Crippen molar-refractivity contribution in [3.8, 4) is 0 Å². The molecule has 1 radical (unpaired) electrons. The Bertz CT molecular complexity index is 1300. The average Bonchev–Trinajstić information content (AvgIpc) is 3.58. The number of hydrogen-bond donors (Lipinski definition) is 4. The molecular weight excluding hydrogens is 643 g/mol. The molecule has 8 nitrogen and oxygen atoms in total. The second-order valence-electron chi connectivity index (χ2n) is 13.9. The summed E-state index contributed by atoms with van der Waals surface area (Å²) in [7, 11) is 0. The minimum absolute atomic E-state index is 0.137. The van der Waals surface area contributed by atoms with Gasteiger partial charge in [0, 0.05) is 0 Å². The molecule has 4 N–H and O–H groups in total. The molecule has 231 valence electrons. The molecular formula is C34H48InN4O4. The fourth-order valence-corrected chi connectivity index (χ4v) is 16.4. The first-order chi connectivity index (χ1) is 20.5. The normalized spacial score (nSPS) is 39.3. The summed E-state index contributed by atoms with van der Waals surface area (Å²) in [4.78, 5) is 23.5. The summed E-state index contributed by atoms with van der Waals surface area (Å²) in [5.41, 5.74) is 8.20. The molecule has 0 aromatic rings. The Hall–Kier alpha value is -1.65. The van der Waals surface area contributed by atoms with Crippen molar-refractivity contribution in [2.24, 2.45) is 11.8 Å². The van der Waals surface area contributed by atoms with E-state index < -0.39 is 35.4 Å². The van der Waals surface area contributed by atoms with E-state index >= 15 is 0 Å². The molecule has 0 saturated carbocycles. The van der Waals surface area contributed by atoms with Crippen molar-refractivity contribution in [1.82, 2.24) is 16.4 Å². The summed E-state index contributed by atoms with van der Waals surface area (Å²) in [5, 5.41) is 27.4. The van der Waals surface area contributed by atoms with E-state index in [2.05, 4.69) is 69.4 Å². The first-order valence-corrected chi connectivity index (χ1v) is 19.2. The molecule has 6 aliphatic heterocycles. The molecule has 6 bridgehead atoms. The number of carboxylic acid groups (broad SMARTS) is 2. The van der Waals surface area contributed by atoms with E-state index in [-0.39, 0.29) is 42.9 Å². The summed E-state index contributed by atoms with van der Waals surface area (Å²) < 4.78 is 5.87. The van der Waals surface area contributed by atoms with Crippen LogP contribution in [0.25, 0.3) is 0 Å². The molecule has 10 unspecified atom stereocenters.